The highest BCUT2D eigenvalue weighted by molar-refractivity contribution is 5.60. The van der Waals surface area contributed by atoms with Crippen molar-refractivity contribution in [2.45, 2.75) is 20.4 Å². The lowest BCUT2D eigenvalue weighted by atomic mass is 10.1. The number of aromatic nitrogens is 2. The van der Waals surface area contributed by atoms with Gasteiger partial charge in [0.1, 0.15) is 5.75 Å². The van der Waals surface area contributed by atoms with Gasteiger partial charge in [-0.25, -0.2) is 0 Å². The number of hydrogen-bond donors (Lipinski definition) is 2. The lowest BCUT2D eigenvalue weighted by Crippen LogP contribution is -2.04. The molecule has 0 radical (unpaired) electrons. The number of aromatic hydroxyl groups is 1. The van der Waals surface area contributed by atoms with Crippen molar-refractivity contribution < 1.29 is 9.63 Å². The minimum absolute atomic E-state index is 0.313. The highest BCUT2D eigenvalue weighted by Gasteiger charge is 2.11. The average Bonchev–Trinajstić information content (AvgIpc) is 2.74. The fourth-order valence-corrected chi connectivity index (χ4v) is 1.68. The molecule has 0 aliphatic carbocycles. The first-order valence-electron chi connectivity index (χ1n) is 5.39. The Morgan fingerprint density at radius 3 is 2.53 bits per heavy atom. The zero-order valence-electron chi connectivity index (χ0n) is 10.1. The van der Waals surface area contributed by atoms with E-state index < -0.39 is 0 Å². The van der Waals surface area contributed by atoms with Crippen LogP contribution < -0.4 is 5.32 Å². The molecule has 0 spiro atoms. The molecule has 0 aliphatic rings. The SMILES string of the molecule is CNCc1nc(-c2cc(C)c(O)c(C)c2)no1. The van der Waals surface area contributed by atoms with Crippen molar-refractivity contribution in [2.75, 3.05) is 7.05 Å². The summed E-state index contributed by atoms with van der Waals surface area (Å²) in [6.07, 6.45) is 0. The highest BCUT2D eigenvalue weighted by Crippen LogP contribution is 2.27. The van der Waals surface area contributed by atoms with E-state index in [1.54, 1.807) is 0 Å². The van der Waals surface area contributed by atoms with E-state index in [1.807, 2.05) is 33.0 Å². The molecule has 0 amide bonds. The molecule has 5 nitrogen and oxygen atoms in total. The van der Waals surface area contributed by atoms with Gasteiger partial charge in [0.15, 0.2) is 0 Å². The molecule has 0 fully saturated rings. The van der Waals surface area contributed by atoms with Gasteiger partial charge in [0.2, 0.25) is 11.7 Å². The molecule has 1 aromatic heterocycles. The number of nitrogens with one attached hydrogen (secondary N) is 1. The molecular formula is C12H15N3O2. The van der Waals surface area contributed by atoms with Crippen molar-refractivity contribution in [1.82, 2.24) is 15.5 Å². The monoisotopic (exact) mass is 233 g/mol. The van der Waals surface area contributed by atoms with Gasteiger partial charge in [-0.05, 0) is 44.2 Å². The Kier molecular flexibility index (Phi) is 3.10. The summed E-state index contributed by atoms with van der Waals surface area (Å²) < 4.78 is 5.08. The Balaban J connectivity index is 2.39. The average molecular weight is 233 g/mol. The molecule has 2 rings (SSSR count). The largest absolute Gasteiger partial charge is 0.507 e. The normalized spacial score (nSPS) is 10.8. The Morgan fingerprint density at radius 1 is 1.29 bits per heavy atom. The van der Waals surface area contributed by atoms with Crippen LogP contribution in [0, 0.1) is 13.8 Å². The van der Waals surface area contributed by atoms with Crippen molar-refractivity contribution in [3.8, 4) is 17.1 Å². The lowest BCUT2D eigenvalue weighted by molar-refractivity contribution is 0.372. The van der Waals surface area contributed by atoms with Gasteiger partial charge in [-0.2, -0.15) is 4.98 Å². The second-order valence-corrected chi connectivity index (χ2v) is 4.00. The van der Waals surface area contributed by atoms with E-state index in [0.29, 0.717) is 24.0 Å². The number of rotatable bonds is 3. The predicted octanol–water partition coefficient (Wildman–Crippen LogP) is 1.78. The van der Waals surface area contributed by atoms with Gasteiger partial charge in [0, 0.05) is 5.56 Å². The van der Waals surface area contributed by atoms with Crippen LogP contribution in [0.5, 0.6) is 5.75 Å². The lowest BCUT2D eigenvalue weighted by Gasteiger charge is -2.04. The number of phenolic OH excluding ortho intramolecular Hbond substituents is 1. The van der Waals surface area contributed by atoms with Gasteiger partial charge >= 0.3 is 0 Å². The molecule has 0 saturated heterocycles. The van der Waals surface area contributed by atoms with Gasteiger partial charge in [-0.1, -0.05) is 5.16 Å². The quantitative estimate of drug-likeness (QED) is 0.845. The van der Waals surface area contributed by atoms with E-state index in [9.17, 15) is 5.11 Å². The Hall–Kier alpha value is -1.88. The van der Waals surface area contributed by atoms with Gasteiger partial charge in [0.05, 0.1) is 6.54 Å². The second kappa shape index (κ2) is 4.55. The van der Waals surface area contributed by atoms with E-state index in [0.717, 1.165) is 16.7 Å². The van der Waals surface area contributed by atoms with Crippen LogP contribution in [-0.2, 0) is 6.54 Å². The molecule has 0 atom stereocenters. The van der Waals surface area contributed by atoms with E-state index in [-0.39, 0.29) is 0 Å². The molecule has 90 valence electrons. The Bertz CT molecular complexity index is 511. The minimum Gasteiger partial charge on any atom is -0.507 e. The van der Waals surface area contributed by atoms with Crippen molar-refractivity contribution >= 4 is 0 Å². The first-order chi connectivity index (χ1) is 8.11. The molecule has 0 aliphatic heterocycles. The Labute approximate surface area is 99.5 Å². The highest BCUT2D eigenvalue weighted by atomic mass is 16.5. The standard InChI is InChI=1S/C12H15N3O2/c1-7-4-9(5-8(2)11(7)16)12-14-10(6-13-3)17-15-12/h4-5,13,16H,6H2,1-3H3. The maximum absolute atomic E-state index is 9.69. The fourth-order valence-electron chi connectivity index (χ4n) is 1.68. The summed E-state index contributed by atoms with van der Waals surface area (Å²) in [5.41, 5.74) is 2.46. The van der Waals surface area contributed by atoms with Gasteiger partial charge in [0.25, 0.3) is 0 Å². The zero-order valence-corrected chi connectivity index (χ0v) is 10.1. The first-order valence-corrected chi connectivity index (χ1v) is 5.39. The zero-order chi connectivity index (χ0) is 12.4. The van der Waals surface area contributed by atoms with E-state index in [2.05, 4.69) is 15.5 Å². The summed E-state index contributed by atoms with van der Waals surface area (Å²) in [6.45, 7) is 4.24. The van der Waals surface area contributed by atoms with Gasteiger partial charge in [-0.15, -0.1) is 0 Å². The molecule has 0 bridgehead atoms. The number of phenols is 1. The third-order valence-electron chi connectivity index (χ3n) is 2.55. The van der Waals surface area contributed by atoms with Gasteiger partial charge < -0.3 is 14.9 Å². The summed E-state index contributed by atoms with van der Waals surface area (Å²) in [7, 11) is 1.82. The predicted molar refractivity (Wildman–Crippen MR) is 63.6 cm³/mol. The molecule has 1 aromatic carbocycles. The second-order valence-electron chi connectivity index (χ2n) is 4.00. The van der Waals surface area contributed by atoms with Crippen molar-refractivity contribution in [1.29, 1.82) is 0 Å². The summed E-state index contributed by atoms with van der Waals surface area (Å²) in [6, 6.07) is 3.69. The van der Waals surface area contributed by atoms with Crippen LogP contribution in [0.1, 0.15) is 17.0 Å². The van der Waals surface area contributed by atoms with E-state index in [1.165, 1.54) is 0 Å². The summed E-state index contributed by atoms with van der Waals surface area (Å²) in [5.74, 6) is 1.40. The third kappa shape index (κ3) is 2.29. The molecule has 5 heteroatoms. The van der Waals surface area contributed by atoms with Crippen molar-refractivity contribution in [3.63, 3.8) is 0 Å². The summed E-state index contributed by atoms with van der Waals surface area (Å²) >= 11 is 0. The maximum atomic E-state index is 9.69. The summed E-state index contributed by atoms with van der Waals surface area (Å²) in [5, 5.41) is 16.5. The number of nitrogens with zero attached hydrogens (tertiary/aromatic N) is 2. The molecule has 0 unspecified atom stereocenters. The van der Waals surface area contributed by atoms with Crippen molar-refractivity contribution in [3.05, 3.63) is 29.2 Å². The topological polar surface area (TPSA) is 71.2 Å². The molecule has 2 N–H and O–H groups in total. The van der Waals surface area contributed by atoms with Crippen LogP contribution in [0.25, 0.3) is 11.4 Å². The maximum Gasteiger partial charge on any atom is 0.240 e. The van der Waals surface area contributed by atoms with Crippen LogP contribution in [-0.4, -0.2) is 22.3 Å². The van der Waals surface area contributed by atoms with Crippen LogP contribution in [0.4, 0.5) is 0 Å². The number of benzene rings is 1. The van der Waals surface area contributed by atoms with Crippen molar-refractivity contribution in [2.24, 2.45) is 0 Å². The number of hydrogen-bond acceptors (Lipinski definition) is 5. The van der Waals surface area contributed by atoms with Crippen LogP contribution in [0.2, 0.25) is 0 Å². The molecule has 2 aromatic rings. The summed E-state index contributed by atoms with van der Waals surface area (Å²) in [4.78, 5) is 4.26. The van der Waals surface area contributed by atoms with Crippen LogP contribution >= 0.6 is 0 Å². The van der Waals surface area contributed by atoms with E-state index >= 15 is 0 Å². The first kappa shape index (κ1) is 11.6. The Morgan fingerprint density at radius 2 is 1.94 bits per heavy atom. The fraction of sp³-hybridized carbons (Fsp3) is 0.333. The van der Waals surface area contributed by atoms with Crippen LogP contribution in [0.3, 0.4) is 0 Å². The smallest absolute Gasteiger partial charge is 0.240 e. The third-order valence-corrected chi connectivity index (χ3v) is 2.55. The van der Waals surface area contributed by atoms with E-state index in [4.69, 9.17) is 4.52 Å². The number of aryl methyl sites for hydroxylation is 2. The molecule has 1 heterocycles. The molecule has 0 saturated carbocycles. The molecule has 17 heavy (non-hydrogen) atoms. The van der Waals surface area contributed by atoms with Crippen LogP contribution in [0.15, 0.2) is 16.7 Å². The molecular weight excluding hydrogens is 218 g/mol. The minimum atomic E-state index is 0.313. The van der Waals surface area contributed by atoms with Gasteiger partial charge in [-0.3, -0.25) is 0 Å².